The predicted octanol–water partition coefficient (Wildman–Crippen LogP) is 0.0809. The Morgan fingerprint density at radius 3 is 2.80 bits per heavy atom. The number of hydrogen-bond donors (Lipinski definition) is 3. The molecule has 0 unspecified atom stereocenters. The van der Waals surface area contributed by atoms with Crippen LogP contribution in [0.2, 0.25) is 0 Å². The van der Waals surface area contributed by atoms with Crippen molar-refractivity contribution in [3.8, 4) is 0 Å². The van der Waals surface area contributed by atoms with E-state index in [1.807, 2.05) is 0 Å². The van der Waals surface area contributed by atoms with Gasteiger partial charge in [-0.15, -0.1) is 10.7 Å². The lowest BCUT2D eigenvalue weighted by Crippen LogP contribution is -2.08. The second-order valence-corrected chi connectivity index (χ2v) is 3.62. The average Bonchev–Trinajstić information content (AvgIpc) is 2.41. The van der Waals surface area contributed by atoms with Gasteiger partial charge in [0, 0.05) is 11.7 Å². The molecule has 15 heavy (non-hydrogen) atoms. The third kappa shape index (κ3) is 2.16. The minimum Gasteiger partial charge on any atom is -0.465 e. The smallest absolute Gasteiger partial charge is 0.341 e. The molecule has 1 rings (SSSR count). The fraction of sp³-hybridized carbons (Fsp3) is 0.429. The van der Waals surface area contributed by atoms with Crippen LogP contribution in [0.15, 0.2) is 0 Å². The highest BCUT2D eigenvalue weighted by molar-refractivity contribution is 7.70. The number of aryl methyl sites for hydroxylation is 1. The average molecular weight is 234 g/mol. The van der Waals surface area contributed by atoms with E-state index in [0.717, 1.165) is 0 Å². The van der Waals surface area contributed by atoms with Crippen molar-refractivity contribution in [2.75, 3.05) is 12.3 Å². The van der Waals surface area contributed by atoms with Gasteiger partial charge in [-0.25, -0.2) is 4.79 Å². The summed E-state index contributed by atoms with van der Waals surface area (Å²) < 4.78 is 25.8. The molecule has 0 atom stereocenters. The molecule has 0 aromatic carbocycles. The summed E-state index contributed by atoms with van der Waals surface area (Å²) in [4.78, 5) is 11.4. The molecule has 0 aliphatic rings. The number of aromatic amines is 1. The zero-order valence-electron chi connectivity index (χ0n) is 8.31. The first-order valence-electron chi connectivity index (χ1n) is 4.14. The van der Waals surface area contributed by atoms with E-state index in [-0.39, 0.29) is 22.6 Å². The summed E-state index contributed by atoms with van der Waals surface area (Å²) in [6.07, 6.45) is 0. The summed E-state index contributed by atoms with van der Waals surface area (Å²) in [5, 5.41) is 2.54. The number of rotatable bonds is 2. The molecule has 0 saturated heterocycles. The van der Waals surface area contributed by atoms with Gasteiger partial charge in [0.25, 0.3) is 0 Å². The number of carbonyl (C=O) groups is 1. The largest absolute Gasteiger partial charge is 0.465 e. The first-order valence-corrected chi connectivity index (χ1v) is 5.25. The van der Waals surface area contributed by atoms with E-state index in [1.54, 1.807) is 6.92 Å². The summed E-state index contributed by atoms with van der Waals surface area (Å²) in [5.41, 5.74) is 5.39. The van der Waals surface area contributed by atoms with Gasteiger partial charge in [0.2, 0.25) is 0 Å². The molecule has 1 aromatic rings. The van der Waals surface area contributed by atoms with Crippen molar-refractivity contribution in [3.63, 3.8) is 0 Å². The van der Waals surface area contributed by atoms with Gasteiger partial charge in [-0.3, -0.25) is 5.10 Å². The normalized spacial score (nSPS) is 13.7. The summed E-state index contributed by atoms with van der Waals surface area (Å²) in [6, 6.07) is 0. The summed E-state index contributed by atoms with van der Waals surface area (Å²) >= 11 is 0. The maximum Gasteiger partial charge on any atom is 0.341 e. The number of nitrogens with one attached hydrogen (secondary N) is 1. The van der Waals surface area contributed by atoms with Crippen LogP contribution in [0.5, 0.6) is 0 Å². The van der Waals surface area contributed by atoms with Crippen molar-refractivity contribution >= 4 is 22.5 Å². The van der Waals surface area contributed by atoms with Gasteiger partial charge in [0.1, 0.15) is 11.4 Å². The molecular formula is C7H12N3O4S-. The minimum atomic E-state index is -2.30. The van der Waals surface area contributed by atoms with Crippen LogP contribution in [0.1, 0.15) is 17.3 Å². The lowest BCUT2D eigenvalue weighted by atomic mass is 10.3. The zero-order valence-corrected chi connectivity index (χ0v) is 9.13. The maximum absolute atomic E-state index is 11.4. The number of nitrogen functional groups attached to an aromatic ring is 1. The second kappa shape index (κ2) is 4.41. The van der Waals surface area contributed by atoms with E-state index < -0.39 is 16.6 Å². The van der Waals surface area contributed by atoms with Gasteiger partial charge in [-0.1, -0.05) is 0 Å². The highest BCUT2D eigenvalue weighted by Crippen LogP contribution is 2.12. The highest BCUT2D eigenvalue weighted by Gasteiger charge is 2.14. The molecule has 8 heteroatoms. The SMILES string of the molecule is CCOC(=O)c1c(N)[nH]n(C)/c1=[S-](=O)/O. The fourth-order valence-corrected chi connectivity index (χ4v) is 1.82. The number of carbonyl (C=O) groups excluding carboxylic acids is 1. The summed E-state index contributed by atoms with van der Waals surface area (Å²) in [5.74, 6) is -0.711. The number of nitrogens with zero attached hydrogens (tertiary/aromatic N) is 1. The predicted molar refractivity (Wildman–Crippen MR) is 54.1 cm³/mol. The van der Waals surface area contributed by atoms with Crippen LogP contribution in [-0.2, 0) is 26.7 Å². The van der Waals surface area contributed by atoms with E-state index in [0.29, 0.717) is 0 Å². The quantitative estimate of drug-likeness (QED) is 0.290. The Labute approximate surface area is 87.7 Å². The van der Waals surface area contributed by atoms with E-state index in [9.17, 15) is 9.00 Å². The first-order chi connectivity index (χ1) is 6.99. The van der Waals surface area contributed by atoms with Crippen LogP contribution < -0.4 is 5.73 Å². The fourth-order valence-electron chi connectivity index (χ4n) is 1.18. The van der Waals surface area contributed by atoms with Gasteiger partial charge in [0.05, 0.1) is 6.61 Å². The molecule has 4 N–H and O–H groups in total. The van der Waals surface area contributed by atoms with Crippen molar-refractivity contribution < 1.29 is 18.3 Å². The first kappa shape index (κ1) is 11.7. The Balaban J connectivity index is 3.48. The van der Waals surface area contributed by atoms with Crippen LogP contribution in [0.25, 0.3) is 0 Å². The standard InChI is InChI=1S/C7H12N3O4S/c1-3-14-7(11)4-5(8)9-10(2)6(4)15(12)13/h9H,3,8H2,1-2H3,(H,12,13)/q-1. The van der Waals surface area contributed by atoms with Crippen LogP contribution in [0.3, 0.4) is 0 Å². The Bertz CT molecular complexity index is 495. The molecule has 0 aliphatic heterocycles. The van der Waals surface area contributed by atoms with Crippen LogP contribution >= 0.6 is 0 Å². The Morgan fingerprint density at radius 2 is 2.33 bits per heavy atom. The molecule has 1 aromatic heterocycles. The van der Waals surface area contributed by atoms with Crippen LogP contribution in [0, 0.1) is 4.64 Å². The van der Waals surface area contributed by atoms with Gasteiger partial charge in [-0.05, 0) is 6.92 Å². The summed E-state index contributed by atoms with van der Waals surface area (Å²) in [7, 11) is -0.830. The number of ether oxygens (including phenoxy) is 1. The molecule has 86 valence electrons. The Hall–Kier alpha value is -1.41. The molecule has 1 heterocycles. The van der Waals surface area contributed by atoms with Crippen molar-refractivity contribution in [3.05, 3.63) is 10.2 Å². The molecule has 0 amide bonds. The summed E-state index contributed by atoms with van der Waals surface area (Å²) in [6.45, 7) is 1.81. The van der Waals surface area contributed by atoms with E-state index in [1.165, 1.54) is 11.7 Å². The number of esters is 1. The topological polar surface area (TPSA) is 110 Å². The van der Waals surface area contributed by atoms with Crippen molar-refractivity contribution in [2.45, 2.75) is 6.92 Å². The molecular weight excluding hydrogens is 222 g/mol. The second-order valence-electron chi connectivity index (χ2n) is 2.73. The van der Waals surface area contributed by atoms with Gasteiger partial charge < -0.3 is 23.9 Å². The molecule has 0 bridgehead atoms. The third-order valence-corrected chi connectivity index (χ3v) is 2.53. The number of aromatic nitrogens is 2. The van der Waals surface area contributed by atoms with Crippen LogP contribution in [0.4, 0.5) is 5.82 Å². The lowest BCUT2D eigenvalue weighted by Gasteiger charge is -2.02. The maximum atomic E-state index is 11.4. The van der Waals surface area contributed by atoms with Crippen LogP contribution in [-0.4, -0.2) is 26.9 Å². The monoisotopic (exact) mass is 234 g/mol. The van der Waals surface area contributed by atoms with Crippen molar-refractivity contribution in [2.24, 2.45) is 7.05 Å². The lowest BCUT2D eigenvalue weighted by molar-refractivity contribution is 0.0526. The number of anilines is 1. The number of nitrogens with two attached hydrogens (primary N) is 1. The van der Waals surface area contributed by atoms with E-state index >= 15 is 0 Å². The van der Waals surface area contributed by atoms with Crippen molar-refractivity contribution in [1.82, 2.24) is 9.78 Å². The third-order valence-electron chi connectivity index (χ3n) is 1.72. The highest BCUT2D eigenvalue weighted by atomic mass is 32.2. The molecule has 0 saturated carbocycles. The van der Waals surface area contributed by atoms with E-state index in [4.69, 9.17) is 15.0 Å². The molecule has 0 fully saturated rings. The van der Waals surface area contributed by atoms with Gasteiger partial charge in [0.15, 0.2) is 0 Å². The Kier molecular flexibility index (Phi) is 3.43. The van der Waals surface area contributed by atoms with E-state index in [2.05, 4.69) is 5.10 Å². The molecule has 0 radical (unpaired) electrons. The molecule has 0 aliphatic carbocycles. The van der Waals surface area contributed by atoms with Crippen molar-refractivity contribution in [1.29, 1.82) is 0 Å². The molecule has 7 nitrogen and oxygen atoms in total. The zero-order chi connectivity index (χ0) is 11.6. The molecule has 0 spiro atoms. The number of H-pyrrole nitrogens is 1. The Morgan fingerprint density at radius 1 is 1.73 bits per heavy atom. The van der Waals surface area contributed by atoms with Gasteiger partial charge >= 0.3 is 5.97 Å². The minimum absolute atomic E-state index is 0.00773. The van der Waals surface area contributed by atoms with Gasteiger partial charge in [-0.2, -0.15) is 0 Å². The number of hydrogen-bond acceptors (Lipinski definition) is 5.